The van der Waals surface area contributed by atoms with Crippen molar-refractivity contribution in [1.29, 1.82) is 0 Å². The molecule has 1 fully saturated rings. The van der Waals surface area contributed by atoms with E-state index in [4.69, 9.17) is 10.5 Å². The van der Waals surface area contributed by atoms with Crippen LogP contribution in [0.4, 0.5) is 5.69 Å². The summed E-state index contributed by atoms with van der Waals surface area (Å²) < 4.78 is 33.1. The summed E-state index contributed by atoms with van der Waals surface area (Å²) in [5, 5.41) is 2.60. The molecule has 0 unspecified atom stereocenters. The molecule has 1 heterocycles. The number of benzene rings is 2. The Balaban J connectivity index is 0.00000280. The molecule has 1 amide bonds. The monoisotopic (exact) mass is 425 g/mol. The number of hydrogen-bond acceptors (Lipinski definition) is 5. The third-order valence-corrected chi connectivity index (χ3v) is 6.51. The van der Waals surface area contributed by atoms with Gasteiger partial charge in [0.2, 0.25) is 15.9 Å². The van der Waals surface area contributed by atoms with Gasteiger partial charge in [0.25, 0.3) is 0 Å². The quantitative estimate of drug-likeness (QED) is 0.764. The fourth-order valence-electron chi connectivity index (χ4n) is 3.34. The highest BCUT2D eigenvalue weighted by Crippen LogP contribution is 2.34. The number of carbonyl (C=O) groups excluding carboxylic acids is 1. The van der Waals surface area contributed by atoms with Crippen molar-refractivity contribution in [3.8, 4) is 5.75 Å². The fraction of sp³-hybridized carbons (Fsp3) is 0.316. The van der Waals surface area contributed by atoms with Crippen LogP contribution in [-0.2, 0) is 14.8 Å². The van der Waals surface area contributed by atoms with Gasteiger partial charge in [-0.15, -0.1) is 12.4 Å². The van der Waals surface area contributed by atoms with Crippen LogP contribution in [0.5, 0.6) is 5.75 Å². The van der Waals surface area contributed by atoms with Crippen LogP contribution in [0.3, 0.4) is 0 Å². The molecule has 0 saturated carbocycles. The summed E-state index contributed by atoms with van der Waals surface area (Å²) in [5.41, 5.74) is 7.66. The standard InChI is InChI=1S/C19H23N3O4S.ClH/c1-13(23)21-15-8-9-18(26-2)19(10-15)27(24,25)22-11-16(17(20)12-22)14-6-4-3-5-7-14;/h3-10,16-17H,11-12,20H2,1-2H3,(H,21,23);1H/t16-,17+;/m0./s1. The molecule has 7 nitrogen and oxygen atoms in total. The van der Waals surface area contributed by atoms with Crippen molar-refractivity contribution >= 4 is 34.0 Å². The van der Waals surface area contributed by atoms with E-state index in [9.17, 15) is 13.2 Å². The van der Waals surface area contributed by atoms with Crippen LogP contribution < -0.4 is 15.8 Å². The summed E-state index contributed by atoms with van der Waals surface area (Å²) in [5.74, 6) is -0.137. The van der Waals surface area contributed by atoms with E-state index in [1.54, 1.807) is 6.07 Å². The Morgan fingerprint density at radius 3 is 2.46 bits per heavy atom. The van der Waals surface area contributed by atoms with Crippen molar-refractivity contribution in [2.45, 2.75) is 23.8 Å². The second-order valence-electron chi connectivity index (χ2n) is 6.55. The molecular weight excluding hydrogens is 402 g/mol. The Morgan fingerprint density at radius 1 is 1.18 bits per heavy atom. The van der Waals surface area contributed by atoms with E-state index in [0.717, 1.165) is 5.56 Å². The minimum Gasteiger partial charge on any atom is -0.495 e. The first-order valence-electron chi connectivity index (χ1n) is 8.59. The topological polar surface area (TPSA) is 102 Å². The minimum absolute atomic E-state index is 0. The van der Waals surface area contributed by atoms with Crippen molar-refractivity contribution in [2.75, 3.05) is 25.5 Å². The van der Waals surface area contributed by atoms with Gasteiger partial charge in [-0.2, -0.15) is 4.31 Å². The van der Waals surface area contributed by atoms with Gasteiger partial charge in [-0.25, -0.2) is 8.42 Å². The predicted molar refractivity (Wildman–Crippen MR) is 110 cm³/mol. The lowest BCUT2D eigenvalue weighted by atomic mass is 9.95. The predicted octanol–water partition coefficient (Wildman–Crippen LogP) is 2.19. The lowest BCUT2D eigenvalue weighted by molar-refractivity contribution is -0.114. The van der Waals surface area contributed by atoms with E-state index in [0.29, 0.717) is 12.2 Å². The van der Waals surface area contributed by atoms with Crippen molar-refractivity contribution < 1.29 is 17.9 Å². The van der Waals surface area contributed by atoms with Crippen LogP contribution in [0.1, 0.15) is 18.4 Å². The van der Waals surface area contributed by atoms with E-state index in [2.05, 4.69) is 5.32 Å². The number of anilines is 1. The highest BCUT2D eigenvalue weighted by Gasteiger charge is 2.39. The highest BCUT2D eigenvalue weighted by atomic mass is 35.5. The van der Waals surface area contributed by atoms with E-state index >= 15 is 0 Å². The third-order valence-electron chi connectivity index (χ3n) is 4.66. The summed E-state index contributed by atoms with van der Waals surface area (Å²) in [6.45, 7) is 1.87. The maximum atomic E-state index is 13.3. The largest absolute Gasteiger partial charge is 0.495 e. The lowest BCUT2D eigenvalue weighted by Crippen LogP contribution is -2.32. The molecule has 152 valence electrons. The number of sulfonamides is 1. The molecule has 0 aliphatic carbocycles. The van der Waals surface area contributed by atoms with E-state index < -0.39 is 10.0 Å². The third kappa shape index (κ3) is 4.47. The molecule has 0 spiro atoms. The number of nitrogens with zero attached hydrogens (tertiary/aromatic N) is 1. The van der Waals surface area contributed by atoms with Crippen molar-refractivity contribution in [3.63, 3.8) is 0 Å². The SMILES string of the molecule is COc1ccc(NC(C)=O)cc1S(=O)(=O)N1C[C@@H](N)[C@H](c2ccccc2)C1.Cl. The Kier molecular flexibility index (Phi) is 7.06. The van der Waals surface area contributed by atoms with Crippen LogP contribution >= 0.6 is 12.4 Å². The normalized spacial score (nSPS) is 19.7. The molecule has 3 N–H and O–H groups in total. The molecule has 2 atom stereocenters. The molecule has 9 heteroatoms. The smallest absolute Gasteiger partial charge is 0.246 e. The number of hydrogen-bond donors (Lipinski definition) is 2. The molecule has 1 saturated heterocycles. The van der Waals surface area contributed by atoms with Crippen molar-refractivity contribution in [1.82, 2.24) is 4.31 Å². The minimum atomic E-state index is -3.84. The fourth-order valence-corrected chi connectivity index (χ4v) is 5.02. The molecule has 3 rings (SSSR count). The summed E-state index contributed by atoms with van der Waals surface area (Å²) in [6, 6.07) is 13.9. The van der Waals surface area contributed by atoms with Gasteiger partial charge in [-0.05, 0) is 23.8 Å². The van der Waals surface area contributed by atoms with Gasteiger partial charge in [0.15, 0.2) is 0 Å². The molecule has 28 heavy (non-hydrogen) atoms. The average molecular weight is 426 g/mol. The second kappa shape index (κ2) is 8.91. The number of rotatable bonds is 5. The molecular formula is C19H24ClN3O4S. The summed E-state index contributed by atoms with van der Waals surface area (Å²) in [7, 11) is -2.42. The molecule has 1 aliphatic rings. The Labute approximate surface area is 171 Å². The molecule has 2 aromatic carbocycles. The zero-order valence-electron chi connectivity index (χ0n) is 15.7. The van der Waals surface area contributed by atoms with Crippen LogP contribution in [-0.4, -0.2) is 44.9 Å². The van der Waals surface area contributed by atoms with Gasteiger partial charge in [-0.1, -0.05) is 30.3 Å². The number of amides is 1. The number of carbonyl (C=O) groups is 1. The van der Waals surface area contributed by atoms with Gasteiger partial charge in [-0.3, -0.25) is 4.79 Å². The van der Waals surface area contributed by atoms with Gasteiger partial charge in [0.05, 0.1) is 7.11 Å². The van der Waals surface area contributed by atoms with E-state index in [1.165, 1.54) is 30.5 Å². The Hall–Kier alpha value is -2.13. The van der Waals surface area contributed by atoms with Crippen molar-refractivity contribution in [3.05, 3.63) is 54.1 Å². The highest BCUT2D eigenvalue weighted by molar-refractivity contribution is 7.89. The Morgan fingerprint density at radius 2 is 1.86 bits per heavy atom. The molecule has 2 aromatic rings. The second-order valence-corrected chi connectivity index (χ2v) is 8.46. The summed E-state index contributed by atoms with van der Waals surface area (Å²) >= 11 is 0. The summed E-state index contributed by atoms with van der Waals surface area (Å²) in [4.78, 5) is 11.3. The van der Waals surface area contributed by atoms with Crippen LogP contribution in [0.2, 0.25) is 0 Å². The van der Waals surface area contributed by atoms with Gasteiger partial charge < -0.3 is 15.8 Å². The zero-order chi connectivity index (χ0) is 19.6. The van der Waals surface area contributed by atoms with Gasteiger partial charge in [0, 0.05) is 37.7 Å². The maximum absolute atomic E-state index is 13.3. The summed E-state index contributed by atoms with van der Waals surface area (Å²) in [6.07, 6.45) is 0. The number of ether oxygens (including phenoxy) is 1. The van der Waals surface area contributed by atoms with E-state index in [-0.39, 0.29) is 47.5 Å². The average Bonchev–Trinajstić information content (AvgIpc) is 3.04. The number of nitrogens with one attached hydrogen (secondary N) is 1. The molecule has 0 aromatic heterocycles. The van der Waals surface area contributed by atoms with Crippen LogP contribution in [0.15, 0.2) is 53.4 Å². The number of halogens is 1. The maximum Gasteiger partial charge on any atom is 0.246 e. The lowest BCUT2D eigenvalue weighted by Gasteiger charge is -2.19. The Bertz CT molecular complexity index is 937. The van der Waals surface area contributed by atoms with Crippen LogP contribution in [0.25, 0.3) is 0 Å². The molecule has 0 bridgehead atoms. The number of nitrogens with two attached hydrogens (primary N) is 1. The molecule has 0 radical (unpaired) electrons. The van der Waals surface area contributed by atoms with Gasteiger partial charge in [0.1, 0.15) is 10.6 Å². The first kappa shape index (κ1) is 22.2. The first-order valence-corrected chi connectivity index (χ1v) is 10.0. The zero-order valence-corrected chi connectivity index (χ0v) is 17.3. The van der Waals surface area contributed by atoms with Gasteiger partial charge >= 0.3 is 0 Å². The number of methoxy groups -OCH3 is 1. The van der Waals surface area contributed by atoms with Crippen molar-refractivity contribution in [2.24, 2.45) is 5.73 Å². The van der Waals surface area contributed by atoms with Crippen LogP contribution in [0, 0.1) is 0 Å². The van der Waals surface area contributed by atoms with E-state index in [1.807, 2.05) is 30.3 Å². The molecule has 1 aliphatic heterocycles. The first-order chi connectivity index (χ1) is 12.8.